The number of aliphatic hydroxyl groups excluding tert-OH is 1. The molecule has 110 valence electrons. The zero-order valence-corrected chi connectivity index (χ0v) is 11.8. The van der Waals surface area contributed by atoms with Gasteiger partial charge in [0.25, 0.3) is 0 Å². The molecular formula is C14H21N3O3. The second-order valence-corrected chi connectivity index (χ2v) is 4.51. The molecule has 4 N–H and O–H groups in total. The summed E-state index contributed by atoms with van der Waals surface area (Å²) in [6, 6.07) is 7.03. The Kier molecular flexibility index (Phi) is 6.69. The van der Waals surface area contributed by atoms with Gasteiger partial charge in [-0.1, -0.05) is 12.1 Å². The minimum Gasteiger partial charge on any atom is -0.387 e. The summed E-state index contributed by atoms with van der Waals surface area (Å²) in [4.78, 5) is 21.5. The van der Waals surface area contributed by atoms with Crippen molar-refractivity contribution in [2.75, 3.05) is 25.0 Å². The third kappa shape index (κ3) is 6.31. The normalized spacial score (nSPS) is 11.8. The summed E-state index contributed by atoms with van der Waals surface area (Å²) in [5, 5.41) is 18.3. The molecule has 1 unspecified atom stereocenters. The average molecular weight is 279 g/mol. The van der Waals surface area contributed by atoms with Crippen molar-refractivity contribution >= 4 is 17.5 Å². The standard InChI is InChI=1S/C14H21N3O3/c1-10(18)16-8-7-15-9-14(20)12-3-5-13(6-4-12)17-11(2)19/h3-6,14-15,20H,7-9H2,1-2H3,(H,16,18)(H,17,19). The maximum atomic E-state index is 10.9. The summed E-state index contributed by atoms with van der Waals surface area (Å²) in [7, 11) is 0. The molecule has 0 spiro atoms. The molecule has 0 aliphatic carbocycles. The summed E-state index contributed by atoms with van der Waals surface area (Å²) in [5.74, 6) is -0.196. The van der Waals surface area contributed by atoms with Gasteiger partial charge in [-0.15, -0.1) is 0 Å². The van der Waals surface area contributed by atoms with E-state index in [4.69, 9.17) is 0 Å². The largest absolute Gasteiger partial charge is 0.387 e. The quantitative estimate of drug-likeness (QED) is 0.544. The Morgan fingerprint density at radius 3 is 2.30 bits per heavy atom. The van der Waals surface area contributed by atoms with E-state index in [2.05, 4.69) is 16.0 Å². The molecule has 0 aliphatic heterocycles. The summed E-state index contributed by atoms with van der Waals surface area (Å²) in [5.41, 5.74) is 1.47. The lowest BCUT2D eigenvalue weighted by atomic mass is 10.1. The monoisotopic (exact) mass is 279 g/mol. The zero-order valence-electron chi connectivity index (χ0n) is 11.8. The van der Waals surface area contributed by atoms with Gasteiger partial charge in [-0.25, -0.2) is 0 Å². The fourth-order valence-corrected chi connectivity index (χ4v) is 1.68. The summed E-state index contributed by atoms with van der Waals surface area (Å²) < 4.78 is 0. The van der Waals surface area contributed by atoms with Gasteiger partial charge in [-0.05, 0) is 17.7 Å². The van der Waals surface area contributed by atoms with Crippen LogP contribution in [0.1, 0.15) is 25.5 Å². The van der Waals surface area contributed by atoms with E-state index in [0.717, 1.165) is 5.56 Å². The molecule has 0 saturated carbocycles. The van der Waals surface area contributed by atoms with Gasteiger partial charge in [0.15, 0.2) is 0 Å². The van der Waals surface area contributed by atoms with E-state index in [1.807, 2.05) is 0 Å². The molecule has 2 amide bonds. The minimum absolute atomic E-state index is 0.0686. The second-order valence-electron chi connectivity index (χ2n) is 4.51. The Bertz CT molecular complexity index is 445. The minimum atomic E-state index is -0.626. The molecule has 0 aliphatic rings. The summed E-state index contributed by atoms with van der Waals surface area (Å²) in [6.45, 7) is 4.44. The molecule has 0 aromatic heterocycles. The smallest absolute Gasteiger partial charge is 0.221 e. The van der Waals surface area contributed by atoms with Gasteiger partial charge in [0, 0.05) is 39.2 Å². The van der Waals surface area contributed by atoms with Crippen LogP contribution in [0.15, 0.2) is 24.3 Å². The van der Waals surface area contributed by atoms with Crippen LogP contribution < -0.4 is 16.0 Å². The first-order valence-corrected chi connectivity index (χ1v) is 6.50. The molecule has 0 bridgehead atoms. The van der Waals surface area contributed by atoms with Crippen LogP contribution >= 0.6 is 0 Å². The van der Waals surface area contributed by atoms with Gasteiger partial charge in [-0.3, -0.25) is 9.59 Å². The van der Waals surface area contributed by atoms with Crippen molar-refractivity contribution in [3.05, 3.63) is 29.8 Å². The van der Waals surface area contributed by atoms with Crippen molar-refractivity contribution in [3.8, 4) is 0 Å². The third-order valence-electron chi connectivity index (χ3n) is 2.63. The van der Waals surface area contributed by atoms with Gasteiger partial charge >= 0.3 is 0 Å². The van der Waals surface area contributed by atoms with Gasteiger partial charge in [0.2, 0.25) is 11.8 Å². The van der Waals surface area contributed by atoms with E-state index in [9.17, 15) is 14.7 Å². The molecule has 6 heteroatoms. The molecule has 0 saturated heterocycles. The van der Waals surface area contributed by atoms with Crippen molar-refractivity contribution in [1.82, 2.24) is 10.6 Å². The van der Waals surface area contributed by atoms with Crippen LogP contribution in [-0.2, 0) is 9.59 Å². The number of aliphatic hydroxyl groups is 1. The highest BCUT2D eigenvalue weighted by Gasteiger charge is 2.07. The Morgan fingerprint density at radius 2 is 1.75 bits per heavy atom. The highest BCUT2D eigenvalue weighted by atomic mass is 16.3. The fraction of sp³-hybridized carbons (Fsp3) is 0.429. The number of amides is 2. The lowest BCUT2D eigenvalue weighted by molar-refractivity contribution is -0.119. The predicted octanol–water partition coefficient (Wildman–Crippen LogP) is 0.404. The SMILES string of the molecule is CC(=O)NCCNCC(O)c1ccc(NC(C)=O)cc1. The zero-order chi connectivity index (χ0) is 15.0. The van der Waals surface area contributed by atoms with Crippen LogP contribution in [0.5, 0.6) is 0 Å². The number of benzene rings is 1. The Hall–Kier alpha value is -1.92. The third-order valence-corrected chi connectivity index (χ3v) is 2.63. The van der Waals surface area contributed by atoms with E-state index in [-0.39, 0.29) is 11.8 Å². The van der Waals surface area contributed by atoms with Crippen molar-refractivity contribution in [1.29, 1.82) is 0 Å². The average Bonchev–Trinajstić information content (AvgIpc) is 2.38. The van der Waals surface area contributed by atoms with Crippen molar-refractivity contribution < 1.29 is 14.7 Å². The molecule has 0 radical (unpaired) electrons. The van der Waals surface area contributed by atoms with Gasteiger partial charge in [0.05, 0.1) is 6.10 Å². The molecule has 1 atom stereocenters. The summed E-state index contributed by atoms with van der Waals surface area (Å²) in [6.07, 6.45) is -0.626. The Balaban J connectivity index is 2.34. The number of carbonyl (C=O) groups is 2. The van der Waals surface area contributed by atoms with E-state index < -0.39 is 6.10 Å². The first-order valence-electron chi connectivity index (χ1n) is 6.50. The topological polar surface area (TPSA) is 90.5 Å². The van der Waals surface area contributed by atoms with Crippen LogP contribution in [0, 0.1) is 0 Å². The number of hydrogen-bond acceptors (Lipinski definition) is 4. The van der Waals surface area contributed by atoms with Crippen LogP contribution in [0.3, 0.4) is 0 Å². The Morgan fingerprint density at radius 1 is 1.10 bits per heavy atom. The van der Waals surface area contributed by atoms with Gasteiger partial charge in [0.1, 0.15) is 0 Å². The van der Waals surface area contributed by atoms with Crippen LogP contribution in [0.4, 0.5) is 5.69 Å². The molecule has 1 aromatic carbocycles. The van der Waals surface area contributed by atoms with Crippen molar-refractivity contribution in [2.24, 2.45) is 0 Å². The predicted molar refractivity (Wildman–Crippen MR) is 77.3 cm³/mol. The number of hydrogen-bond donors (Lipinski definition) is 4. The maximum absolute atomic E-state index is 10.9. The number of rotatable bonds is 7. The van der Waals surface area contributed by atoms with E-state index >= 15 is 0 Å². The number of anilines is 1. The lowest BCUT2D eigenvalue weighted by Gasteiger charge is -2.13. The van der Waals surface area contributed by atoms with E-state index in [1.54, 1.807) is 24.3 Å². The first-order chi connectivity index (χ1) is 9.49. The van der Waals surface area contributed by atoms with Gasteiger partial charge in [-0.2, -0.15) is 0 Å². The van der Waals surface area contributed by atoms with Crippen LogP contribution in [0.2, 0.25) is 0 Å². The second kappa shape index (κ2) is 8.29. The van der Waals surface area contributed by atoms with E-state index in [0.29, 0.717) is 25.3 Å². The molecular weight excluding hydrogens is 258 g/mol. The molecule has 0 heterocycles. The van der Waals surface area contributed by atoms with Crippen molar-refractivity contribution in [3.63, 3.8) is 0 Å². The maximum Gasteiger partial charge on any atom is 0.221 e. The summed E-state index contributed by atoms with van der Waals surface area (Å²) >= 11 is 0. The molecule has 6 nitrogen and oxygen atoms in total. The van der Waals surface area contributed by atoms with Crippen LogP contribution in [-0.4, -0.2) is 36.6 Å². The van der Waals surface area contributed by atoms with E-state index in [1.165, 1.54) is 13.8 Å². The molecule has 0 fully saturated rings. The molecule has 20 heavy (non-hydrogen) atoms. The number of carbonyl (C=O) groups excluding carboxylic acids is 2. The Labute approximate surface area is 118 Å². The highest BCUT2D eigenvalue weighted by molar-refractivity contribution is 5.88. The van der Waals surface area contributed by atoms with Crippen molar-refractivity contribution in [2.45, 2.75) is 20.0 Å². The number of nitrogens with one attached hydrogen (secondary N) is 3. The molecule has 1 aromatic rings. The fourth-order valence-electron chi connectivity index (χ4n) is 1.68. The highest BCUT2D eigenvalue weighted by Crippen LogP contribution is 2.15. The van der Waals surface area contributed by atoms with Gasteiger partial charge < -0.3 is 21.1 Å². The molecule has 1 rings (SSSR count). The first kappa shape index (κ1) is 16.1. The van der Waals surface area contributed by atoms with Crippen LogP contribution in [0.25, 0.3) is 0 Å². The lowest BCUT2D eigenvalue weighted by Crippen LogP contribution is -2.32.